The number of ether oxygens (including phenoxy) is 1. The minimum atomic E-state index is 0.190. The lowest BCUT2D eigenvalue weighted by Crippen LogP contribution is -2.52. The second-order valence-electron chi connectivity index (χ2n) is 6.18. The van der Waals surface area contributed by atoms with Gasteiger partial charge in [-0.3, -0.25) is 0 Å². The van der Waals surface area contributed by atoms with E-state index in [9.17, 15) is 0 Å². The van der Waals surface area contributed by atoms with Crippen LogP contribution in [0.5, 0.6) is 0 Å². The monoisotopic (exact) mass is 240 g/mol. The third-order valence-electron chi connectivity index (χ3n) is 4.47. The minimum absolute atomic E-state index is 0.190. The van der Waals surface area contributed by atoms with Gasteiger partial charge in [-0.1, -0.05) is 6.92 Å². The summed E-state index contributed by atoms with van der Waals surface area (Å²) in [5.41, 5.74) is 0.190. The van der Waals surface area contributed by atoms with Gasteiger partial charge in [-0.15, -0.1) is 0 Å². The van der Waals surface area contributed by atoms with Crippen molar-refractivity contribution in [3.63, 3.8) is 0 Å². The van der Waals surface area contributed by atoms with Crippen LogP contribution < -0.4 is 5.32 Å². The zero-order valence-electron chi connectivity index (χ0n) is 11.7. The summed E-state index contributed by atoms with van der Waals surface area (Å²) in [6, 6.07) is 0.653. The zero-order valence-corrected chi connectivity index (χ0v) is 11.7. The van der Waals surface area contributed by atoms with E-state index in [0.717, 1.165) is 19.0 Å². The molecule has 2 atom stereocenters. The quantitative estimate of drug-likeness (QED) is 0.815. The summed E-state index contributed by atoms with van der Waals surface area (Å²) >= 11 is 0. The van der Waals surface area contributed by atoms with E-state index >= 15 is 0 Å². The molecule has 1 heterocycles. The van der Waals surface area contributed by atoms with Gasteiger partial charge in [0, 0.05) is 26.2 Å². The summed E-state index contributed by atoms with van der Waals surface area (Å²) in [5.74, 6) is 0.742. The lowest BCUT2D eigenvalue weighted by atomic mass is 9.79. The first-order valence-corrected chi connectivity index (χ1v) is 7.14. The molecule has 0 bridgehead atoms. The lowest BCUT2D eigenvalue weighted by molar-refractivity contribution is -0.0937. The molecule has 1 saturated heterocycles. The van der Waals surface area contributed by atoms with Crippen LogP contribution in [0.2, 0.25) is 0 Å². The average molecular weight is 240 g/mol. The van der Waals surface area contributed by atoms with Crippen LogP contribution in [0.3, 0.4) is 0 Å². The maximum Gasteiger partial charge on any atom is 0.0805 e. The van der Waals surface area contributed by atoms with Crippen molar-refractivity contribution in [2.75, 3.05) is 33.3 Å². The van der Waals surface area contributed by atoms with Gasteiger partial charge in [-0.05, 0) is 51.6 Å². The Hall–Kier alpha value is -0.120. The highest BCUT2D eigenvalue weighted by atomic mass is 16.5. The number of rotatable bonds is 3. The van der Waals surface area contributed by atoms with Crippen LogP contribution in [0.4, 0.5) is 0 Å². The smallest absolute Gasteiger partial charge is 0.0805 e. The first-order chi connectivity index (χ1) is 8.13. The van der Waals surface area contributed by atoms with Gasteiger partial charge >= 0.3 is 0 Å². The van der Waals surface area contributed by atoms with Crippen molar-refractivity contribution < 1.29 is 4.74 Å². The van der Waals surface area contributed by atoms with Gasteiger partial charge in [0.15, 0.2) is 0 Å². The standard InChI is InChI=1S/C14H28N2O/c1-12-9-15-13(2)5-8-16(10-12)11-14(17-3)6-4-7-14/h12-13,15H,4-11H2,1-3H3. The molecule has 1 saturated carbocycles. The number of hydrogen-bond donors (Lipinski definition) is 1. The molecule has 2 unspecified atom stereocenters. The Balaban J connectivity index is 1.89. The lowest BCUT2D eigenvalue weighted by Gasteiger charge is -2.45. The first kappa shape index (κ1) is 13.3. The fourth-order valence-electron chi connectivity index (χ4n) is 3.03. The molecule has 100 valence electrons. The molecule has 0 aromatic rings. The third-order valence-corrected chi connectivity index (χ3v) is 4.47. The molecule has 1 N–H and O–H groups in total. The Labute approximate surface area is 106 Å². The third kappa shape index (κ3) is 3.43. The van der Waals surface area contributed by atoms with Gasteiger partial charge in [-0.25, -0.2) is 0 Å². The fraction of sp³-hybridized carbons (Fsp3) is 1.00. The Morgan fingerprint density at radius 3 is 2.71 bits per heavy atom. The molecule has 3 nitrogen and oxygen atoms in total. The number of nitrogens with one attached hydrogen (secondary N) is 1. The van der Waals surface area contributed by atoms with Crippen LogP contribution in [-0.2, 0) is 4.74 Å². The van der Waals surface area contributed by atoms with Crippen LogP contribution in [0, 0.1) is 5.92 Å². The molecular weight excluding hydrogens is 212 g/mol. The highest BCUT2D eigenvalue weighted by molar-refractivity contribution is 4.93. The van der Waals surface area contributed by atoms with Crippen molar-refractivity contribution in [3.05, 3.63) is 0 Å². The summed E-state index contributed by atoms with van der Waals surface area (Å²) < 4.78 is 5.75. The number of nitrogens with zero attached hydrogens (tertiary/aromatic N) is 1. The van der Waals surface area contributed by atoms with Gasteiger partial charge in [0.25, 0.3) is 0 Å². The minimum Gasteiger partial charge on any atom is -0.377 e. The van der Waals surface area contributed by atoms with Crippen LogP contribution in [0.15, 0.2) is 0 Å². The molecule has 2 rings (SSSR count). The SMILES string of the molecule is COC1(CN2CCC(C)NCC(C)C2)CCC1. The molecule has 0 amide bonds. The van der Waals surface area contributed by atoms with Crippen molar-refractivity contribution in [1.29, 1.82) is 0 Å². The second kappa shape index (κ2) is 5.68. The Kier molecular flexibility index (Phi) is 4.45. The van der Waals surface area contributed by atoms with Gasteiger partial charge < -0.3 is 15.0 Å². The largest absolute Gasteiger partial charge is 0.377 e. The number of methoxy groups -OCH3 is 1. The van der Waals surface area contributed by atoms with Gasteiger partial charge in [0.2, 0.25) is 0 Å². The van der Waals surface area contributed by atoms with Gasteiger partial charge in [0.05, 0.1) is 5.60 Å². The van der Waals surface area contributed by atoms with Gasteiger partial charge in [0.1, 0.15) is 0 Å². The van der Waals surface area contributed by atoms with E-state index in [1.165, 1.54) is 38.8 Å². The molecule has 1 aliphatic heterocycles. The predicted molar refractivity (Wildman–Crippen MR) is 71.3 cm³/mol. The van der Waals surface area contributed by atoms with Crippen molar-refractivity contribution in [2.24, 2.45) is 5.92 Å². The molecule has 2 aliphatic rings. The second-order valence-corrected chi connectivity index (χ2v) is 6.18. The summed E-state index contributed by atoms with van der Waals surface area (Å²) in [6.45, 7) is 9.36. The highest BCUT2D eigenvalue weighted by Gasteiger charge is 2.38. The van der Waals surface area contributed by atoms with E-state index < -0.39 is 0 Å². The molecule has 0 spiro atoms. The summed E-state index contributed by atoms with van der Waals surface area (Å²) in [6.07, 6.45) is 5.10. The average Bonchev–Trinajstić information content (AvgIpc) is 2.25. The Morgan fingerprint density at radius 2 is 2.12 bits per heavy atom. The molecule has 17 heavy (non-hydrogen) atoms. The van der Waals surface area contributed by atoms with Crippen LogP contribution >= 0.6 is 0 Å². The van der Waals surface area contributed by atoms with E-state index in [1.807, 2.05) is 7.11 Å². The fourth-order valence-corrected chi connectivity index (χ4v) is 3.03. The summed E-state index contributed by atoms with van der Waals surface area (Å²) in [7, 11) is 1.89. The molecule has 0 radical (unpaired) electrons. The topological polar surface area (TPSA) is 24.5 Å². The molecule has 0 aromatic carbocycles. The van der Waals surface area contributed by atoms with E-state index in [-0.39, 0.29) is 5.60 Å². The van der Waals surface area contributed by atoms with Crippen molar-refractivity contribution >= 4 is 0 Å². The van der Waals surface area contributed by atoms with E-state index in [0.29, 0.717) is 6.04 Å². The zero-order chi connectivity index (χ0) is 12.3. The maximum atomic E-state index is 5.75. The highest BCUT2D eigenvalue weighted by Crippen LogP contribution is 2.36. The molecular formula is C14H28N2O. The van der Waals surface area contributed by atoms with Crippen molar-refractivity contribution in [1.82, 2.24) is 10.2 Å². The summed E-state index contributed by atoms with van der Waals surface area (Å²) in [5, 5.41) is 3.60. The van der Waals surface area contributed by atoms with Crippen LogP contribution in [0.25, 0.3) is 0 Å². The van der Waals surface area contributed by atoms with E-state index in [4.69, 9.17) is 4.74 Å². The normalized spacial score (nSPS) is 34.8. The Bertz CT molecular complexity index is 235. The van der Waals surface area contributed by atoms with Crippen LogP contribution in [-0.4, -0.2) is 49.8 Å². The summed E-state index contributed by atoms with van der Waals surface area (Å²) in [4.78, 5) is 2.63. The maximum absolute atomic E-state index is 5.75. The molecule has 0 aromatic heterocycles. The van der Waals surface area contributed by atoms with Crippen molar-refractivity contribution in [2.45, 2.75) is 51.2 Å². The van der Waals surface area contributed by atoms with Gasteiger partial charge in [-0.2, -0.15) is 0 Å². The molecule has 2 fully saturated rings. The molecule has 3 heteroatoms. The van der Waals surface area contributed by atoms with Crippen LogP contribution in [0.1, 0.15) is 39.5 Å². The van der Waals surface area contributed by atoms with E-state index in [2.05, 4.69) is 24.1 Å². The number of hydrogen-bond acceptors (Lipinski definition) is 3. The Morgan fingerprint density at radius 1 is 1.35 bits per heavy atom. The predicted octanol–water partition coefficient (Wildman–Crippen LogP) is 1.88. The van der Waals surface area contributed by atoms with Crippen molar-refractivity contribution in [3.8, 4) is 0 Å². The van der Waals surface area contributed by atoms with E-state index in [1.54, 1.807) is 0 Å². The molecule has 1 aliphatic carbocycles. The first-order valence-electron chi connectivity index (χ1n) is 7.14.